The van der Waals surface area contributed by atoms with Gasteiger partial charge in [-0.2, -0.15) is 0 Å². The lowest BCUT2D eigenvalue weighted by atomic mass is 10.4. The van der Waals surface area contributed by atoms with E-state index in [4.69, 9.17) is 4.74 Å². The van der Waals surface area contributed by atoms with Crippen molar-refractivity contribution < 1.29 is 13.7 Å². The molecule has 1 heterocycles. The minimum Gasteiger partial charge on any atom is -0.459 e. The molecule has 0 fully saturated rings. The Balaban J connectivity index is 2.29. The second kappa shape index (κ2) is 6.24. The van der Waals surface area contributed by atoms with E-state index in [1.54, 1.807) is 30.5 Å². The zero-order valence-electron chi connectivity index (χ0n) is 10.4. The fraction of sp³-hybridized carbons (Fsp3) is 0.143. The normalized spacial score (nSPS) is 11.8. The molecule has 4 nitrogen and oxygen atoms in total. The summed E-state index contributed by atoms with van der Waals surface area (Å²) in [7, 11) is -1.33. The summed E-state index contributed by atoms with van der Waals surface area (Å²) in [5.74, 6) is -0.387. The van der Waals surface area contributed by atoms with Crippen molar-refractivity contribution in [2.75, 3.05) is 0 Å². The first-order valence-electron chi connectivity index (χ1n) is 5.72. The van der Waals surface area contributed by atoms with Crippen molar-refractivity contribution in [1.29, 1.82) is 0 Å². The molecule has 0 aliphatic rings. The number of ether oxygens (including phenoxy) is 1. The van der Waals surface area contributed by atoms with Gasteiger partial charge in [-0.1, -0.05) is 18.2 Å². The van der Waals surface area contributed by atoms with Crippen LogP contribution in [0, 0.1) is 0 Å². The van der Waals surface area contributed by atoms with Crippen LogP contribution >= 0.6 is 0 Å². The van der Waals surface area contributed by atoms with Crippen molar-refractivity contribution in [2.45, 2.75) is 23.3 Å². The summed E-state index contributed by atoms with van der Waals surface area (Å²) in [6.45, 7) is 1.36. The van der Waals surface area contributed by atoms with E-state index in [1.807, 2.05) is 18.2 Å². The van der Waals surface area contributed by atoms with Crippen LogP contribution in [0.3, 0.4) is 0 Å². The minimum absolute atomic E-state index is 0.0318. The molecule has 0 aliphatic carbocycles. The second-order valence-electron chi connectivity index (χ2n) is 3.81. The highest BCUT2D eigenvalue weighted by atomic mass is 32.2. The van der Waals surface area contributed by atoms with Crippen LogP contribution in [0.2, 0.25) is 0 Å². The summed E-state index contributed by atoms with van der Waals surface area (Å²) in [6.07, 6.45) is 1.59. The van der Waals surface area contributed by atoms with Gasteiger partial charge in [0.05, 0.1) is 21.4 Å². The van der Waals surface area contributed by atoms with Crippen molar-refractivity contribution >= 4 is 16.8 Å². The summed E-state index contributed by atoms with van der Waals surface area (Å²) in [5, 5.41) is 0. The summed E-state index contributed by atoms with van der Waals surface area (Å²) in [5.41, 5.74) is 0.514. The first-order chi connectivity index (χ1) is 9.18. The smallest absolute Gasteiger partial charge is 0.303 e. The third-order valence-corrected chi connectivity index (χ3v) is 3.89. The third-order valence-electron chi connectivity index (χ3n) is 2.42. The Morgan fingerprint density at radius 2 is 1.95 bits per heavy atom. The van der Waals surface area contributed by atoms with Gasteiger partial charge in [0.1, 0.15) is 6.61 Å². The molecule has 98 valence electrons. The molecule has 0 saturated heterocycles. The third kappa shape index (κ3) is 3.48. The Morgan fingerprint density at radius 3 is 2.63 bits per heavy atom. The van der Waals surface area contributed by atoms with E-state index >= 15 is 0 Å². The van der Waals surface area contributed by atoms with Crippen LogP contribution in [-0.4, -0.2) is 15.2 Å². The van der Waals surface area contributed by atoms with Crippen molar-refractivity contribution in [3.05, 3.63) is 54.4 Å². The Kier molecular flexibility index (Phi) is 4.41. The average molecular weight is 275 g/mol. The Labute approximate surface area is 113 Å². The average Bonchev–Trinajstić information content (AvgIpc) is 2.45. The Morgan fingerprint density at radius 1 is 1.21 bits per heavy atom. The number of benzene rings is 1. The first-order valence-corrected chi connectivity index (χ1v) is 6.87. The lowest BCUT2D eigenvalue weighted by Crippen LogP contribution is -2.05. The van der Waals surface area contributed by atoms with Crippen molar-refractivity contribution in [2.24, 2.45) is 0 Å². The van der Waals surface area contributed by atoms with Gasteiger partial charge in [0, 0.05) is 18.0 Å². The monoisotopic (exact) mass is 275 g/mol. The number of rotatable bonds is 4. The molecule has 0 amide bonds. The van der Waals surface area contributed by atoms with Gasteiger partial charge in [-0.3, -0.25) is 9.78 Å². The number of pyridine rings is 1. The largest absolute Gasteiger partial charge is 0.459 e. The van der Waals surface area contributed by atoms with Crippen molar-refractivity contribution in [3.63, 3.8) is 0 Å². The van der Waals surface area contributed by atoms with E-state index in [-0.39, 0.29) is 12.6 Å². The Bertz CT molecular complexity index is 599. The fourth-order valence-corrected chi connectivity index (χ4v) is 2.73. The standard InChI is InChI=1S/C14H13NO3S/c1-11(16)18-10-13-14(8-5-9-15-13)19(17)12-6-3-2-4-7-12/h2-9H,10H2,1H3. The molecule has 1 aromatic carbocycles. The van der Waals surface area contributed by atoms with Gasteiger partial charge in [-0.15, -0.1) is 0 Å². The van der Waals surface area contributed by atoms with Crippen LogP contribution in [0.25, 0.3) is 0 Å². The highest BCUT2D eigenvalue weighted by Crippen LogP contribution is 2.19. The predicted octanol–water partition coefficient (Wildman–Crippen LogP) is 2.31. The minimum atomic E-state index is -1.33. The molecule has 0 aliphatic heterocycles. The highest BCUT2D eigenvalue weighted by Gasteiger charge is 2.13. The van der Waals surface area contributed by atoms with Crippen LogP contribution in [-0.2, 0) is 26.9 Å². The van der Waals surface area contributed by atoms with Gasteiger partial charge in [-0.05, 0) is 24.3 Å². The molecule has 2 aromatic rings. The zero-order chi connectivity index (χ0) is 13.7. The van der Waals surface area contributed by atoms with E-state index in [1.165, 1.54) is 6.92 Å². The molecule has 0 N–H and O–H groups in total. The van der Waals surface area contributed by atoms with Gasteiger partial charge in [0.15, 0.2) is 0 Å². The number of carbonyl (C=O) groups excluding carboxylic acids is 1. The van der Waals surface area contributed by atoms with Gasteiger partial charge < -0.3 is 4.74 Å². The maximum Gasteiger partial charge on any atom is 0.303 e. The zero-order valence-corrected chi connectivity index (χ0v) is 11.2. The summed E-state index contributed by atoms with van der Waals surface area (Å²) < 4.78 is 17.4. The molecular weight excluding hydrogens is 262 g/mol. The molecule has 2 rings (SSSR count). The second-order valence-corrected chi connectivity index (χ2v) is 5.26. The van der Waals surface area contributed by atoms with E-state index < -0.39 is 10.8 Å². The SMILES string of the molecule is CC(=O)OCc1ncccc1S(=O)c1ccccc1. The summed E-state index contributed by atoms with van der Waals surface area (Å²) in [4.78, 5) is 16.2. The van der Waals surface area contributed by atoms with E-state index in [2.05, 4.69) is 4.98 Å². The quantitative estimate of drug-likeness (QED) is 0.803. The number of nitrogens with zero attached hydrogens (tertiary/aromatic N) is 1. The molecule has 1 unspecified atom stereocenters. The van der Waals surface area contributed by atoms with Crippen LogP contribution in [0.4, 0.5) is 0 Å². The molecule has 0 spiro atoms. The lowest BCUT2D eigenvalue weighted by Gasteiger charge is -2.08. The van der Waals surface area contributed by atoms with E-state index in [0.29, 0.717) is 15.5 Å². The van der Waals surface area contributed by atoms with E-state index in [0.717, 1.165) is 0 Å². The molecule has 1 aromatic heterocycles. The molecule has 0 radical (unpaired) electrons. The molecular formula is C14H13NO3S. The van der Waals surface area contributed by atoms with Gasteiger partial charge in [0.2, 0.25) is 0 Å². The highest BCUT2D eigenvalue weighted by molar-refractivity contribution is 7.85. The summed E-state index contributed by atoms with van der Waals surface area (Å²) in [6, 6.07) is 12.5. The predicted molar refractivity (Wildman–Crippen MR) is 70.8 cm³/mol. The molecule has 1 atom stereocenters. The number of aromatic nitrogens is 1. The van der Waals surface area contributed by atoms with Crippen LogP contribution in [0.5, 0.6) is 0 Å². The maximum absolute atomic E-state index is 12.4. The lowest BCUT2D eigenvalue weighted by molar-refractivity contribution is -0.142. The van der Waals surface area contributed by atoms with Crippen LogP contribution in [0.15, 0.2) is 58.5 Å². The number of carbonyl (C=O) groups is 1. The number of hydrogen-bond donors (Lipinski definition) is 0. The summed E-state index contributed by atoms with van der Waals surface area (Å²) >= 11 is 0. The van der Waals surface area contributed by atoms with Gasteiger partial charge >= 0.3 is 5.97 Å². The van der Waals surface area contributed by atoms with Crippen molar-refractivity contribution in [1.82, 2.24) is 4.98 Å². The van der Waals surface area contributed by atoms with E-state index in [9.17, 15) is 9.00 Å². The Hall–Kier alpha value is -2.01. The van der Waals surface area contributed by atoms with Crippen molar-refractivity contribution in [3.8, 4) is 0 Å². The topological polar surface area (TPSA) is 56.3 Å². The maximum atomic E-state index is 12.4. The molecule has 0 saturated carbocycles. The van der Waals surface area contributed by atoms with Gasteiger partial charge in [0.25, 0.3) is 0 Å². The van der Waals surface area contributed by atoms with Gasteiger partial charge in [-0.25, -0.2) is 4.21 Å². The molecule has 0 bridgehead atoms. The van der Waals surface area contributed by atoms with Crippen LogP contribution < -0.4 is 0 Å². The molecule has 5 heteroatoms. The molecule has 19 heavy (non-hydrogen) atoms. The first kappa shape index (κ1) is 13.4. The number of esters is 1. The fourth-order valence-electron chi connectivity index (χ4n) is 1.54. The number of hydrogen-bond acceptors (Lipinski definition) is 4. The van der Waals surface area contributed by atoms with Crippen LogP contribution in [0.1, 0.15) is 12.6 Å².